The van der Waals surface area contributed by atoms with Crippen LogP contribution < -0.4 is 5.32 Å². The molecule has 0 aromatic carbocycles. The average molecular weight is 194 g/mol. The van der Waals surface area contributed by atoms with Gasteiger partial charge in [-0.25, -0.2) is 0 Å². The zero-order valence-corrected chi connectivity index (χ0v) is 9.80. The Hall–Kier alpha value is -0.810. The molecule has 0 spiro atoms. The van der Waals surface area contributed by atoms with Crippen LogP contribution in [0.4, 0.5) is 0 Å². The maximum Gasteiger partial charge on any atom is 0.0697 e. The lowest BCUT2D eigenvalue weighted by Gasteiger charge is -2.24. The zero-order valence-electron chi connectivity index (χ0n) is 9.80. The summed E-state index contributed by atoms with van der Waals surface area (Å²) in [5.41, 5.74) is -0.276. The summed E-state index contributed by atoms with van der Waals surface area (Å²) in [4.78, 5) is 0. The Morgan fingerprint density at radius 3 is 2.50 bits per heavy atom. The van der Waals surface area contributed by atoms with Gasteiger partial charge in [-0.05, 0) is 33.1 Å². The van der Waals surface area contributed by atoms with Crippen LogP contribution in [0.2, 0.25) is 0 Å². The van der Waals surface area contributed by atoms with Gasteiger partial charge < -0.3 is 5.32 Å². The van der Waals surface area contributed by atoms with Crippen LogP contribution in [0.3, 0.4) is 0 Å². The number of nitriles is 1. The Labute approximate surface area is 88.0 Å². The minimum atomic E-state index is -0.276. The molecule has 2 atom stereocenters. The lowest BCUT2D eigenvalue weighted by molar-refractivity contribution is 0.349. The van der Waals surface area contributed by atoms with E-state index in [4.69, 9.17) is 5.26 Å². The second kappa shape index (κ2) is 5.82. The number of allylic oxidation sites excluding steroid dienone is 1. The highest BCUT2D eigenvalue weighted by Gasteiger charge is 2.18. The molecule has 0 heterocycles. The molecule has 0 bridgehead atoms. The third kappa shape index (κ3) is 5.04. The van der Waals surface area contributed by atoms with Crippen LogP contribution in [0.5, 0.6) is 0 Å². The molecule has 0 amide bonds. The Bertz CT molecular complexity index is 213. The molecule has 0 rings (SSSR count). The quantitative estimate of drug-likeness (QED) is 0.660. The van der Waals surface area contributed by atoms with Gasteiger partial charge in [0.15, 0.2) is 0 Å². The molecule has 0 saturated heterocycles. The van der Waals surface area contributed by atoms with Crippen molar-refractivity contribution in [2.24, 2.45) is 11.3 Å². The maximum atomic E-state index is 8.84. The first-order valence-corrected chi connectivity index (χ1v) is 5.18. The SMILES string of the molecule is C=CCC(C)C(C)NCC(C)(C)C#N. The molecule has 2 nitrogen and oxygen atoms in total. The van der Waals surface area contributed by atoms with Gasteiger partial charge in [0.2, 0.25) is 0 Å². The second-order valence-electron chi connectivity index (χ2n) is 4.67. The molecule has 0 saturated carbocycles. The molecule has 0 aromatic heterocycles. The van der Waals surface area contributed by atoms with Gasteiger partial charge in [-0.3, -0.25) is 0 Å². The number of hydrogen-bond acceptors (Lipinski definition) is 2. The lowest BCUT2D eigenvalue weighted by atomic mass is 9.93. The largest absolute Gasteiger partial charge is 0.312 e. The van der Waals surface area contributed by atoms with E-state index in [0.717, 1.165) is 13.0 Å². The van der Waals surface area contributed by atoms with Crippen molar-refractivity contribution in [1.29, 1.82) is 5.26 Å². The summed E-state index contributed by atoms with van der Waals surface area (Å²) in [6.07, 6.45) is 2.96. The van der Waals surface area contributed by atoms with Crippen LogP contribution in [0.15, 0.2) is 12.7 Å². The molecule has 2 unspecified atom stereocenters. The van der Waals surface area contributed by atoms with E-state index < -0.39 is 0 Å². The van der Waals surface area contributed by atoms with Crippen molar-refractivity contribution >= 4 is 0 Å². The lowest BCUT2D eigenvalue weighted by Crippen LogP contribution is -2.38. The van der Waals surface area contributed by atoms with Gasteiger partial charge in [0, 0.05) is 12.6 Å². The van der Waals surface area contributed by atoms with Gasteiger partial charge in [-0.2, -0.15) is 5.26 Å². The van der Waals surface area contributed by atoms with E-state index in [1.165, 1.54) is 0 Å². The Morgan fingerprint density at radius 2 is 2.07 bits per heavy atom. The molecule has 0 aliphatic rings. The molecule has 0 aromatic rings. The summed E-state index contributed by atoms with van der Waals surface area (Å²) in [6.45, 7) is 12.7. The molecule has 80 valence electrons. The van der Waals surface area contributed by atoms with Gasteiger partial charge in [0.1, 0.15) is 0 Å². The van der Waals surface area contributed by atoms with Crippen molar-refractivity contribution in [3.05, 3.63) is 12.7 Å². The first-order chi connectivity index (χ1) is 6.43. The highest BCUT2D eigenvalue weighted by Crippen LogP contribution is 2.13. The Balaban J connectivity index is 3.90. The minimum Gasteiger partial charge on any atom is -0.312 e. The summed E-state index contributed by atoms with van der Waals surface area (Å²) in [5, 5.41) is 12.2. The fourth-order valence-electron chi connectivity index (χ4n) is 1.12. The molecule has 2 heteroatoms. The monoisotopic (exact) mass is 194 g/mol. The van der Waals surface area contributed by atoms with E-state index in [2.05, 4.69) is 31.8 Å². The summed E-state index contributed by atoms with van der Waals surface area (Å²) < 4.78 is 0. The number of nitrogens with one attached hydrogen (secondary N) is 1. The van der Waals surface area contributed by atoms with Crippen LogP contribution in [-0.4, -0.2) is 12.6 Å². The molecule has 0 fully saturated rings. The first kappa shape index (κ1) is 13.2. The van der Waals surface area contributed by atoms with Crippen molar-refractivity contribution in [2.45, 2.75) is 40.2 Å². The molecule has 0 aliphatic heterocycles. The van der Waals surface area contributed by atoms with Crippen molar-refractivity contribution in [3.8, 4) is 6.07 Å². The van der Waals surface area contributed by atoms with E-state index >= 15 is 0 Å². The molecular weight excluding hydrogens is 172 g/mol. The Morgan fingerprint density at radius 1 is 1.50 bits per heavy atom. The minimum absolute atomic E-state index is 0.276. The standard InChI is InChI=1S/C12H22N2/c1-6-7-10(2)11(3)14-9-12(4,5)8-13/h6,10-11,14H,1,7,9H2,2-5H3. The van der Waals surface area contributed by atoms with E-state index in [0.29, 0.717) is 12.0 Å². The smallest absolute Gasteiger partial charge is 0.0697 e. The van der Waals surface area contributed by atoms with Crippen molar-refractivity contribution in [3.63, 3.8) is 0 Å². The third-order valence-electron chi connectivity index (χ3n) is 2.56. The Kier molecular flexibility index (Phi) is 5.49. The predicted octanol–water partition coefficient (Wildman–Crippen LogP) is 2.73. The molecule has 0 radical (unpaired) electrons. The van der Waals surface area contributed by atoms with Crippen LogP contribution in [0.1, 0.15) is 34.1 Å². The highest BCUT2D eigenvalue weighted by molar-refractivity contribution is 4.94. The van der Waals surface area contributed by atoms with E-state index in [9.17, 15) is 0 Å². The van der Waals surface area contributed by atoms with Gasteiger partial charge in [-0.1, -0.05) is 13.0 Å². The van der Waals surface area contributed by atoms with E-state index in [1.54, 1.807) is 0 Å². The zero-order chi connectivity index (χ0) is 11.2. The summed E-state index contributed by atoms with van der Waals surface area (Å²) >= 11 is 0. The normalized spacial score (nSPS) is 15.6. The number of rotatable bonds is 6. The third-order valence-corrected chi connectivity index (χ3v) is 2.56. The van der Waals surface area contributed by atoms with Gasteiger partial charge in [-0.15, -0.1) is 6.58 Å². The van der Waals surface area contributed by atoms with Crippen LogP contribution in [0.25, 0.3) is 0 Å². The molecule has 0 aliphatic carbocycles. The summed E-state index contributed by atoms with van der Waals surface area (Å²) in [5.74, 6) is 0.571. The summed E-state index contributed by atoms with van der Waals surface area (Å²) in [6, 6.07) is 2.72. The topological polar surface area (TPSA) is 35.8 Å². The van der Waals surface area contributed by atoms with Crippen LogP contribution in [0, 0.1) is 22.7 Å². The van der Waals surface area contributed by atoms with Gasteiger partial charge >= 0.3 is 0 Å². The van der Waals surface area contributed by atoms with E-state index in [1.807, 2.05) is 19.9 Å². The fourth-order valence-corrected chi connectivity index (χ4v) is 1.12. The second-order valence-corrected chi connectivity index (χ2v) is 4.67. The van der Waals surface area contributed by atoms with Crippen molar-refractivity contribution in [1.82, 2.24) is 5.32 Å². The summed E-state index contributed by atoms with van der Waals surface area (Å²) in [7, 11) is 0. The van der Waals surface area contributed by atoms with Crippen molar-refractivity contribution < 1.29 is 0 Å². The number of nitrogens with zero attached hydrogens (tertiary/aromatic N) is 1. The van der Waals surface area contributed by atoms with Crippen LogP contribution in [-0.2, 0) is 0 Å². The molecule has 1 N–H and O–H groups in total. The average Bonchev–Trinajstić information content (AvgIpc) is 2.15. The van der Waals surface area contributed by atoms with Crippen LogP contribution >= 0.6 is 0 Å². The van der Waals surface area contributed by atoms with Crippen molar-refractivity contribution in [2.75, 3.05) is 6.54 Å². The molecule has 14 heavy (non-hydrogen) atoms. The molecular formula is C12H22N2. The number of hydrogen-bond donors (Lipinski definition) is 1. The predicted molar refractivity (Wildman–Crippen MR) is 60.8 cm³/mol. The maximum absolute atomic E-state index is 8.84. The van der Waals surface area contributed by atoms with Gasteiger partial charge in [0.05, 0.1) is 11.5 Å². The highest BCUT2D eigenvalue weighted by atomic mass is 14.9. The van der Waals surface area contributed by atoms with E-state index in [-0.39, 0.29) is 5.41 Å². The fraction of sp³-hybridized carbons (Fsp3) is 0.750. The first-order valence-electron chi connectivity index (χ1n) is 5.18. The van der Waals surface area contributed by atoms with Gasteiger partial charge in [0.25, 0.3) is 0 Å².